The molecular weight excluding hydrogens is 697 g/mol. The lowest BCUT2D eigenvalue weighted by molar-refractivity contribution is 0.722. The fraction of sp³-hybridized carbons (Fsp3) is 0.0189. The summed E-state index contributed by atoms with van der Waals surface area (Å²) in [6, 6.07) is 74.3. The predicted molar refractivity (Wildman–Crippen MR) is 231 cm³/mol. The third-order valence-electron chi connectivity index (χ3n) is 11.4. The Morgan fingerprint density at radius 1 is 0.304 bits per heavy atom. The molecule has 0 saturated heterocycles. The van der Waals surface area contributed by atoms with Gasteiger partial charge in [-0.2, -0.15) is 0 Å². The van der Waals surface area contributed by atoms with E-state index in [0.29, 0.717) is 5.82 Å². The molecule has 0 fully saturated rings. The van der Waals surface area contributed by atoms with E-state index >= 15 is 0 Å². The van der Waals surface area contributed by atoms with Crippen molar-refractivity contribution in [2.75, 3.05) is 0 Å². The van der Waals surface area contributed by atoms with Crippen molar-refractivity contribution in [3.05, 3.63) is 229 Å². The zero-order valence-electron chi connectivity index (χ0n) is 30.4. The van der Waals surface area contributed by atoms with Crippen LogP contribution in [0.4, 0.5) is 0 Å². The molecule has 1 spiro atoms. The Kier molecular flexibility index (Phi) is 7.68. The summed E-state index contributed by atoms with van der Waals surface area (Å²) in [5.74, 6) is 0.705. The quantitative estimate of drug-likeness (QED) is 0.176. The summed E-state index contributed by atoms with van der Waals surface area (Å²) in [6.07, 6.45) is 0. The van der Waals surface area contributed by atoms with Gasteiger partial charge in [-0.05, 0) is 79.9 Å². The van der Waals surface area contributed by atoms with Crippen LogP contribution in [0, 0.1) is 0 Å². The Bertz CT molecular complexity index is 2890. The normalized spacial score (nSPS) is 13.1. The fourth-order valence-electron chi connectivity index (χ4n) is 8.82. The number of rotatable bonds is 5. The summed E-state index contributed by atoms with van der Waals surface area (Å²) in [4.78, 5) is 12.9. The maximum Gasteiger partial charge on any atom is 0.160 e. The van der Waals surface area contributed by atoms with Crippen molar-refractivity contribution in [2.45, 2.75) is 15.2 Å². The van der Waals surface area contributed by atoms with Gasteiger partial charge in [0.05, 0.1) is 16.8 Å². The molecule has 262 valence electrons. The first-order valence-corrected chi connectivity index (χ1v) is 19.9. The Morgan fingerprint density at radius 3 is 1.50 bits per heavy atom. The summed E-state index contributed by atoms with van der Waals surface area (Å²) in [7, 11) is 0. The van der Waals surface area contributed by atoms with Crippen molar-refractivity contribution < 1.29 is 0 Å². The highest BCUT2D eigenvalue weighted by Crippen LogP contribution is 2.62. The minimum absolute atomic E-state index is 0.369. The Balaban J connectivity index is 0.998. The second-order valence-corrected chi connectivity index (χ2v) is 15.6. The Labute approximate surface area is 331 Å². The highest BCUT2D eigenvalue weighted by molar-refractivity contribution is 7.99. The molecule has 2 aliphatic rings. The molecule has 1 aliphatic carbocycles. The first kappa shape index (κ1) is 32.6. The van der Waals surface area contributed by atoms with E-state index in [-0.39, 0.29) is 5.41 Å². The van der Waals surface area contributed by atoms with E-state index in [4.69, 9.17) is 9.97 Å². The van der Waals surface area contributed by atoms with E-state index in [0.717, 1.165) is 39.2 Å². The van der Waals surface area contributed by atoms with Crippen molar-refractivity contribution >= 4 is 11.8 Å². The predicted octanol–water partition coefficient (Wildman–Crippen LogP) is 13.6. The van der Waals surface area contributed by atoms with Crippen molar-refractivity contribution in [3.8, 4) is 67.3 Å². The average molecular weight is 731 g/mol. The molecule has 11 rings (SSSR count). The monoisotopic (exact) mass is 730 g/mol. The lowest BCUT2D eigenvalue weighted by atomic mass is 9.67. The Hall–Kier alpha value is -6.81. The van der Waals surface area contributed by atoms with Crippen LogP contribution in [0.3, 0.4) is 0 Å². The third-order valence-corrected chi connectivity index (χ3v) is 12.5. The van der Waals surface area contributed by atoms with E-state index in [1.54, 1.807) is 0 Å². The number of nitrogens with zero attached hydrogens (tertiary/aromatic N) is 2. The third kappa shape index (κ3) is 5.20. The molecule has 8 aromatic carbocycles. The molecule has 0 saturated carbocycles. The highest BCUT2D eigenvalue weighted by Gasteiger charge is 2.50. The van der Waals surface area contributed by atoms with Gasteiger partial charge in [0, 0.05) is 26.5 Å². The number of fused-ring (bicyclic) bond motifs is 9. The smallest absolute Gasteiger partial charge is 0.160 e. The summed E-state index contributed by atoms with van der Waals surface area (Å²) in [6.45, 7) is 0. The molecule has 56 heavy (non-hydrogen) atoms. The fourth-order valence-corrected chi connectivity index (χ4v) is 10.1. The molecule has 2 nitrogen and oxygen atoms in total. The van der Waals surface area contributed by atoms with E-state index < -0.39 is 0 Å². The van der Waals surface area contributed by atoms with E-state index in [9.17, 15) is 0 Å². The lowest BCUT2D eigenvalue weighted by Crippen LogP contribution is -2.31. The molecule has 2 heterocycles. The van der Waals surface area contributed by atoms with Crippen LogP contribution in [0.15, 0.2) is 216 Å². The van der Waals surface area contributed by atoms with Gasteiger partial charge in [-0.15, -0.1) is 0 Å². The van der Waals surface area contributed by atoms with Crippen LogP contribution in [0.25, 0.3) is 67.3 Å². The molecule has 0 atom stereocenters. The lowest BCUT2D eigenvalue weighted by Gasteiger charge is -2.39. The first-order chi connectivity index (χ1) is 27.7. The second-order valence-electron chi connectivity index (χ2n) is 14.5. The number of benzene rings is 8. The van der Waals surface area contributed by atoms with Crippen molar-refractivity contribution in [2.24, 2.45) is 0 Å². The van der Waals surface area contributed by atoms with Crippen LogP contribution in [-0.4, -0.2) is 9.97 Å². The molecule has 9 aromatic rings. The zero-order valence-corrected chi connectivity index (χ0v) is 31.2. The maximum atomic E-state index is 5.18. The average Bonchev–Trinajstić information content (AvgIpc) is 3.57. The highest BCUT2D eigenvalue weighted by atomic mass is 32.2. The van der Waals surface area contributed by atoms with Crippen LogP contribution >= 0.6 is 11.8 Å². The second kappa shape index (κ2) is 13.2. The van der Waals surface area contributed by atoms with E-state index in [1.165, 1.54) is 54.3 Å². The number of aromatic nitrogens is 2. The van der Waals surface area contributed by atoms with Gasteiger partial charge < -0.3 is 0 Å². The van der Waals surface area contributed by atoms with Crippen molar-refractivity contribution in [3.63, 3.8) is 0 Å². The van der Waals surface area contributed by atoms with Gasteiger partial charge in [0.1, 0.15) is 0 Å². The molecular formula is C53H34N2S. The van der Waals surface area contributed by atoms with Crippen LogP contribution < -0.4 is 0 Å². The van der Waals surface area contributed by atoms with Gasteiger partial charge in [0.15, 0.2) is 5.82 Å². The van der Waals surface area contributed by atoms with Crippen molar-refractivity contribution in [1.82, 2.24) is 9.97 Å². The SMILES string of the molecule is c1ccc(-c2cccc(-c3cc(-c4ccccc4)nc(-c4ccc(-c5ccc6c(c5)Sc5ccccc5C65c6ccccc6-c6ccccc65)cc4)n3)c2)cc1. The van der Waals surface area contributed by atoms with Crippen LogP contribution in [0.1, 0.15) is 22.3 Å². The zero-order chi connectivity index (χ0) is 37.1. The largest absolute Gasteiger partial charge is 0.228 e. The molecule has 0 N–H and O–H groups in total. The van der Waals surface area contributed by atoms with Crippen LogP contribution in [0.2, 0.25) is 0 Å². The van der Waals surface area contributed by atoms with Crippen molar-refractivity contribution in [1.29, 1.82) is 0 Å². The van der Waals surface area contributed by atoms with Gasteiger partial charge in [-0.25, -0.2) is 9.97 Å². The van der Waals surface area contributed by atoms with Gasteiger partial charge >= 0.3 is 0 Å². The topological polar surface area (TPSA) is 25.8 Å². The molecule has 0 radical (unpaired) electrons. The van der Waals surface area contributed by atoms with Gasteiger partial charge in [0.25, 0.3) is 0 Å². The molecule has 1 aliphatic heterocycles. The minimum Gasteiger partial charge on any atom is -0.228 e. The van der Waals surface area contributed by atoms with E-state index in [1.807, 2.05) is 17.8 Å². The molecule has 1 aromatic heterocycles. The molecule has 0 bridgehead atoms. The first-order valence-electron chi connectivity index (χ1n) is 19.1. The van der Waals surface area contributed by atoms with Gasteiger partial charge in [-0.3, -0.25) is 0 Å². The summed E-state index contributed by atoms with van der Waals surface area (Å²) in [5, 5.41) is 0. The molecule has 3 heteroatoms. The standard InChI is InChI=1S/C53H34N2S/c1-3-14-35(15-4-1)39-18-13-19-41(32-39)49-34-48(37-16-5-2-6-17-37)54-52(55-49)38-28-26-36(27-29-38)40-30-31-47-51(33-40)56-50-25-12-11-24-46(50)53(47)44-22-9-7-20-42(44)43-21-8-10-23-45(43)53/h1-34H. The molecule has 0 amide bonds. The Morgan fingerprint density at radius 2 is 0.786 bits per heavy atom. The summed E-state index contributed by atoms with van der Waals surface area (Å²) in [5.41, 5.74) is 17.3. The van der Waals surface area contributed by atoms with Crippen LogP contribution in [0.5, 0.6) is 0 Å². The number of hydrogen-bond acceptors (Lipinski definition) is 3. The molecule has 0 unspecified atom stereocenters. The number of hydrogen-bond donors (Lipinski definition) is 0. The summed E-state index contributed by atoms with van der Waals surface area (Å²) < 4.78 is 0. The van der Waals surface area contributed by atoms with Gasteiger partial charge in [0.2, 0.25) is 0 Å². The van der Waals surface area contributed by atoms with E-state index in [2.05, 4.69) is 200 Å². The summed E-state index contributed by atoms with van der Waals surface area (Å²) >= 11 is 1.88. The maximum absolute atomic E-state index is 5.18. The minimum atomic E-state index is -0.369. The van der Waals surface area contributed by atoms with Crippen LogP contribution in [-0.2, 0) is 5.41 Å². The van der Waals surface area contributed by atoms with Gasteiger partial charge in [-0.1, -0.05) is 194 Å².